The molecule has 4 atom stereocenters. The molecule has 2 aliphatic heterocycles. The average molecular weight is 299 g/mol. The van der Waals surface area contributed by atoms with Crippen LogP contribution in [0, 0.1) is 5.92 Å². The lowest BCUT2D eigenvalue weighted by Gasteiger charge is -2.26. The van der Waals surface area contributed by atoms with Gasteiger partial charge in [-0.1, -0.05) is 11.6 Å². The van der Waals surface area contributed by atoms with E-state index in [2.05, 4.69) is 24.1 Å². The van der Waals surface area contributed by atoms with Crippen molar-refractivity contribution >= 4 is 11.6 Å². The van der Waals surface area contributed by atoms with Crippen LogP contribution < -0.4 is 5.73 Å². The van der Waals surface area contributed by atoms with Crippen LogP contribution in [0.15, 0.2) is 6.20 Å². The van der Waals surface area contributed by atoms with E-state index in [9.17, 15) is 0 Å². The number of likely N-dealkylation sites (N-methyl/N-ethyl adjacent to an activating group) is 1. The zero-order chi connectivity index (χ0) is 14.3. The molecule has 3 rings (SSSR count). The molecule has 3 heterocycles. The molecule has 4 unspecified atom stereocenters. The van der Waals surface area contributed by atoms with Gasteiger partial charge >= 0.3 is 0 Å². The monoisotopic (exact) mass is 298 g/mol. The highest BCUT2D eigenvalue weighted by Crippen LogP contribution is 2.44. The molecule has 1 aromatic rings. The molecule has 2 N–H and O–H groups in total. The van der Waals surface area contributed by atoms with Gasteiger partial charge in [-0.25, -0.2) is 0 Å². The second-order valence-corrected chi connectivity index (χ2v) is 6.61. The maximum Gasteiger partial charge on any atom is 0.0834 e. The molecule has 6 heteroatoms. The van der Waals surface area contributed by atoms with Crippen molar-refractivity contribution in [3.63, 3.8) is 0 Å². The third-order valence-electron chi connectivity index (χ3n) is 4.52. The molecule has 2 fully saturated rings. The lowest BCUT2D eigenvalue weighted by molar-refractivity contribution is 0.0879. The van der Waals surface area contributed by atoms with Crippen molar-refractivity contribution in [1.29, 1.82) is 0 Å². The van der Waals surface area contributed by atoms with Crippen molar-refractivity contribution in [3.8, 4) is 0 Å². The Morgan fingerprint density at radius 2 is 2.35 bits per heavy atom. The van der Waals surface area contributed by atoms with E-state index in [-0.39, 0.29) is 6.04 Å². The highest BCUT2D eigenvalue weighted by molar-refractivity contribution is 6.31. The summed E-state index contributed by atoms with van der Waals surface area (Å²) in [5, 5.41) is 5.06. The van der Waals surface area contributed by atoms with E-state index in [0.29, 0.717) is 23.1 Å². The van der Waals surface area contributed by atoms with Crippen molar-refractivity contribution in [2.24, 2.45) is 11.7 Å². The van der Waals surface area contributed by atoms with E-state index in [4.69, 9.17) is 22.1 Å². The molecule has 2 bridgehead atoms. The minimum Gasteiger partial charge on any atom is -0.375 e. The first kappa shape index (κ1) is 14.3. The summed E-state index contributed by atoms with van der Waals surface area (Å²) in [7, 11) is 4.10. The largest absolute Gasteiger partial charge is 0.375 e. The third-order valence-corrected chi connectivity index (χ3v) is 4.81. The number of ether oxygens (including phenoxy) is 1. The summed E-state index contributed by atoms with van der Waals surface area (Å²) in [4.78, 5) is 2.13. The molecule has 0 aromatic carbocycles. The fraction of sp³-hybridized carbons (Fsp3) is 0.786. The molecule has 0 spiro atoms. The Morgan fingerprint density at radius 1 is 1.55 bits per heavy atom. The number of aromatic nitrogens is 2. The van der Waals surface area contributed by atoms with Crippen LogP contribution >= 0.6 is 11.6 Å². The summed E-state index contributed by atoms with van der Waals surface area (Å²) in [5.41, 5.74) is 7.47. The minimum absolute atomic E-state index is 0.0811. The first-order chi connectivity index (χ1) is 9.56. The first-order valence-corrected chi connectivity index (χ1v) is 7.71. The number of halogens is 1. The number of hydrogen-bond donors (Lipinski definition) is 1. The predicted octanol–water partition coefficient (Wildman–Crippen LogP) is 1.67. The molecule has 20 heavy (non-hydrogen) atoms. The zero-order valence-electron chi connectivity index (χ0n) is 12.1. The summed E-state index contributed by atoms with van der Waals surface area (Å²) in [6.07, 6.45) is 5.80. The molecule has 2 aliphatic rings. The zero-order valence-corrected chi connectivity index (χ0v) is 12.9. The normalized spacial score (nSPS) is 30.4. The molecule has 2 saturated heterocycles. The summed E-state index contributed by atoms with van der Waals surface area (Å²) in [5.74, 6) is 0.376. The Balaban J connectivity index is 1.76. The highest BCUT2D eigenvalue weighted by Gasteiger charge is 2.44. The maximum absolute atomic E-state index is 6.50. The quantitative estimate of drug-likeness (QED) is 0.898. The van der Waals surface area contributed by atoms with Crippen LogP contribution in [0.2, 0.25) is 5.02 Å². The van der Waals surface area contributed by atoms with Gasteiger partial charge in [0.1, 0.15) is 0 Å². The van der Waals surface area contributed by atoms with Gasteiger partial charge in [0.05, 0.1) is 41.7 Å². The van der Waals surface area contributed by atoms with Gasteiger partial charge in [0, 0.05) is 12.5 Å². The van der Waals surface area contributed by atoms with Crippen LogP contribution in [-0.4, -0.2) is 47.5 Å². The number of nitrogens with two attached hydrogens (primary N) is 1. The van der Waals surface area contributed by atoms with E-state index < -0.39 is 0 Å². The molecular formula is C14H23ClN4O. The SMILES string of the molecule is CN(C)CCn1ncc(Cl)c1C(N)C1CC2CCC1O2. The summed E-state index contributed by atoms with van der Waals surface area (Å²) >= 11 is 6.32. The Hall–Kier alpha value is -0.620. The molecule has 0 saturated carbocycles. The van der Waals surface area contributed by atoms with Gasteiger partial charge in [-0.3, -0.25) is 4.68 Å². The Morgan fingerprint density at radius 3 is 2.95 bits per heavy atom. The molecule has 0 aliphatic carbocycles. The van der Waals surface area contributed by atoms with Crippen molar-refractivity contribution in [1.82, 2.24) is 14.7 Å². The van der Waals surface area contributed by atoms with E-state index >= 15 is 0 Å². The Kier molecular flexibility index (Phi) is 4.04. The fourth-order valence-corrected chi connectivity index (χ4v) is 3.70. The second-order valence-electron chi connectivity index (χ2n) is 6.20. The smallest absolute Gasteiger partial charge is 0.0834 e. The lowest BCUT2D eigenvalue weighted by Crippen LogP contribution is -2.32. The third kappa shape index (κ3) is 2.60. The molecule has 112 valence electrons. The van der Waals surface area contributed by atoms with E-state index in [0.717, 1.165) is 31.6 Å². The molecular weight excluding hydrogens is 276 g/mol. The summed E-state index contributed by atoms with van der Waals surface area (Å²) in [6, 6.07) is -0.0811. The lowest BCUT2D eigenvalue weighted by atomic mass is 9.83. The van der Waals surface area contributed by atoms with Crippen LogP contribution in [0.5, 0.6) is 0 Å². The Bertz CT molecular complexity index is 476. The van der Waals surface area contributed by atoms with E-state index in [1.165, 1.54) is 6.42 Å². The van der Waals surface area contributed by atoms with Crippen molar-refractivity contribution in [3.05, 3.63) is 16.9 Å². The molecule has 1 aromatic heterocycles. The van der Waals surface area contributed by atoms with Crippen molar-refractivity contribution in [2.45, 2.75) is 44.1 Å². The number of nitrogens with zero attached hydrogens (tertiary/aromatic N) is 3. The van der Waals surface area contributed by atoms with Gasteiger partial charge in [0.2, 0.25) is 0 Å². The van der Waals surface area contributed by atoms with Gasteiger partial charge in [0.25, 0.3) is 0 Å². The minimum atomic E-state index is -0.0811. The summed E-state index contributed by atoms with van der Waals surface area (Å²) < 4.78 is 7.88. The Labute approximate surface area is 125 Å². The predicted molar refractivity (Wildman–Crippen MR) is 78.7 cm³/mol. The summed E-state index contributed by atoms with van der Waals surface area (Å²) in [6.45, 7) is 1.73. The maximum atomic E-state index is 6.50. The van der Waals surface area contributed by atoms with E-state index in [1.54, 1.807) is 6.20 Å². The van der Waals surface area contributed by atoms with Gasteiger partial charge in [0.15, 0.2) is 0 Å². The standard InChI is InChI=1S/C14H23ClN4O/c1-18(2)5-6-19-14(11(15)8-17-19)13(16)10-7-9-3-4-12(10)20-9/h8-10,12-13H,3-7,16H2,1-2H3. The van der Waals surface area contributed by atoms with Gasteiger partial charge < -0.3 is 15.4 Å². The average Bonchev–Trinajstić information content (AvgIpc) is 3.10. The number of rotatable bonds is 5. The van der Waals surface area contributed by atoms with Gasteiger partial charge in [-0.2, -0.15) is 5.10 Å². The second kappa shape index (κ2) is 5.64. The molecule has 0 amide bonds. The number of hydrogen-bond acceptors (Lipinski definition) is 4. The van der Waals surface area contributed by atoms with Crippen LogP contribution in [0.1, 0.15) is 31.0 Å². The first-order valence-electron chi connectivity index (χ1n) is 7.33. The highest BCUT2D eigenvalue weighted by atomic mass is 35.5. The van der Waals surface area contributed by atoms with Crippen LogP contribution in [-0.2, 0) is 11.3 Å². The van der Waals surface area contributed by atoms with Crippen LogP contribution in [0.25, 0.3) is 0 Å². The van der Waals surface area contributed by atoms with Crippen LogP contribution in [0.3, 0.4) is 0 Å². The van der Waals surface area contributed by atoms with Crippen molar-refractivity contribution < 1.29 is 4.74 Å². The van der Waals surface area contributed by atoms with Gasteiger partial charge in [-0.15, -0.1) is 0 Å². The van der Waals surface area contributed by atoms with Crippen LogP contribution in [0.4, 0.5) is 0 Å². The topological polar surface area (TPSA) is 56.3 Å². The van der Waals surface area contributed by atoms with Gasteiger partial charge in [-0.05, 0) is 33.4 Å². The van der Waals surface area contributed by atoms with Crippen molar-refractivity contribution in [2.75, 3.05) is 20.6 Å². The number of fused-ring (bicyclic) bond motifs is 2. The van der Waals surface area contributed by atoms with E-state index in [1.807, 2.05) is 4.68 Å². The molecule has 0 radical (unpaired) electrons. The fourth-order valence-electron chi connectivity index (χ4n) is 3.43. The molecule has 5 nitrogen and oxygen atoms in total.